The Hall–Kier alpha value is -1.81. The number of carbonyl (C=O) groups is 1. The topological polar surface area (TPSA) is 44.4 Å². The molecule has 4 nitrogen and oxygen atoms in total. The van der Waals surface area contributed by atoms with E-state index < -0.39 is 0 Å². The van der Waals surface area contributed by atoms with E-state index in [-0.39, 0.29) is 5.91 Å². The molecule has 0 unspecified atom stereocenters. The van der Waals surface area contributed by atoms with Crippen LogP contribution in [-0.2, 0) is 0 Å². The number of benzene rings is 1. The highest BCUT2D eigenvalue weighted by Gasteiger charge is 2.09. The zero-order valence-electron chi connectivity index (χ0n) is 13.7. The summed E-state index contributed by atoms with van der Waals surface area (Å²) in [6.45, 7) is 8.93. The van der Waals surface area contributed by atoms with Gasteiger partial charge in [0.1, 0.15) is 0 Å². The van der Waals surface area contributed by atoms with Gasteiger partial charge in [-0.1, -0.05) is 18.6 Å². The van der Waals surface area contributed by atoms with Crippen LogP contribution in [0.3, 0.4) is 0 Å². The summed E-state index contributed by atoms with van der Waals surface area (Å²) in [7, 11) is 0. The summed E-state index contributed by atoms with van der Waals surface area (Å²) in [5, 5.41) is 6.28. The van der Waals surface area contributed by atoms with Crippen LogP contribution in [0.2, 0.25) is 0 Å². The van der Waals surface area contributed by atoms with Gasteiger partial charge in [-0.25, -0.2) is 0 Å². The van der Waals surface area contributed by atoms with Gasteiger partial charge in [0.2, 0.25) is 0 Å². The Balaban J connectivity index is 1.91. The summed E-state index contributed by atoms with van der Waals surface area (Å²) in [6.07, 6.45) is 4.30. The van der Waals surface area contributed by atoms with Crippen molar-refractivity contribution in [2.75, 3.05) is 37.6 Å². The minimum atomic E-state index is 0.00419. The maximum absolute atomic E-state index is 12.2. The van der Waals surface area contributed by atoms with Gasteiger partial charge in [-0.3, -0.25) is 4.79 Å². The SMILES string of the molecule is CCCN(CC)c1ccc(C(=O)NCC2=CCNCC2)cc1. The molecule has 2 rings (SSSR count). The predicted molar refractivity (Wildman–Crippen MR) is 92.5 cm³/mol. The normalized spacial score (nSPS) is 14.4. The van der Waals surface area contributed by atoms with Crippen LogP contribution in [0.4, 0.5) is 5.69 Å². The van der Waals surface area contributed by atoms with Crippen LogP contribution in [-0.4, -0.2) is 38.6 Å². The Kier molecular flexibility index (Phi) is 6.46. The second kappa shape index (κ2) is 8.59. The lowest BCUT2D eigenvalue weighted by Crippen LogP contribution is -2.29. The Morgan fingerprint density at radius 2 is 2.05 bits per heavy atom. The number of anilines is 1. The van der Waals surface area contributed by atoms with Crippen molar-refractivity contribution in [1.82, 2.24) is 10.6 Å². The van der Waals surface area contributed by atoms with Crippen LogP contribution in [0.5, 0.6) is 0 Å². The molecule has 0 atom stereocenters. The monoisotopic (exact) mass is 301 g/mol. The number of hydrogen-bond acceptors (Lipinski definition) is 3. The number of rotatable bonds is 7. The standard InChI is InChI=1S/C18H27N3O/c1-3-13-21(4-2)17-7-5-16(6-8-17)18(22)20-14-15-9-11-19-12-10-15/h5-9,19H,3-4,10-14H2,1-2H3,(H,20,22). The zero-order valence-corrected chi connectivity index (χ0v) is 13.7. The Morgan fingerprint density at radius 1 is 1.27 bits per heavy atom. The molecule has 0 saturated heterocycles. The van der Waals surface area contributed by atoms with Gasteiger partial charge >= 0.3 is 0 Å². The van der Waals surface area contributed by atoms with Crippen molar-refractivity contribution in [1.29, 1.82) is 0 Å². The van der Waals surface area contributed by atoms with Gasteiger partial charge in [0.05, 0.1) is 0 Å². The Morgan fingerprint density at radius 3 is 2.64 bits per heavy atom. The van der Waals surface area contributed by atoms with Crippen molar-refractivity contribution in [3.63, 3.8) is 0 Å². The average molecular weight is 301 g/mol. The second-order valence-electron chi connectivity index (χ2n) is 5.63. The van der Waals surface area contributed by atoms with Crippen LogP contribution < -0.4 is 15.5 Å². The number of hydrogen-bond donors (Lipinski definition) is 2. The van der Waals surface area contributed by atoms with Crippen molar-refractivity contribution in [3.05, 3.63) is 41.5 Å². The number of amides is 1. The van der Waals surface area contributed by atoms with Crippen LogP contribution in [0.25, 0.3) is 0 Å². The van der Waals surface area contributed by atoms with Gasteiger partial charge in [-0.2, -0.15) is 0 Å². The smallest absolute Gasteiger partial charge is 0.251 e. The molecule has 0 aliphatic carbocycles. The molecule has 0 spiro atoms. The molecule has 1 aliphatic heterocycles. The number of carbonyl (C=O) groups excluding carboxylic acids is 1. The molecular formula is C18H27N3O. The van der Waals surface area contributed by atoms with E-state index >= 15 is 0 Å². The molecule has 0 saturated carbocycles. The van der Waals surface area contributed by atoms with E-state index in [0.717, 1.165) is 44.6 Å². The van der Waals surface area contributed by atoms with Gasteiger partial charge < -0.3 is 15.5 Å². The predicted octanol–water partition coefficient (Wildman–Crippen LogP) is 2.57. The van der Waals surface area contributed by atoms with Gasteiger partial charge in [-0.05, 0) is 50.6 Å². The van der Waals surface area contributed by atoms with E-state index in [9.17, 15) is 4.79 Å². The van der Waals surface area contributed by atoms with Crippen LogP contribution >= 0.6 is 0 Å². The molecule has 120 valence electrons. The quantitative estimate of drug-likeness (QED) is 0.761. The molecule has 0 bridgehead atoms. The molecule has 2 N–H and O–H groups in total. The van der Waals surface area contributed by atoms with Gasteiger partial charge in [0.25, 0.3) is 5.91 Å². The maximum Gasteiger partial charge on any atom is 0.251 e. The summed E-state index contributed by atoms with van der Waals surface area (Å²) < 4.78 is 0. The average Bonchev–Trinajstić information content (AvgIpc) is 2.58. The molecule has 1 heterocycles. The van der Waals surface area contributed by atoms with Crippen molar-refractivity contribution >= 4 is 11.6 Å². The van der Waals surface area contributed by atoms with Crippen molar-refractivity contribution in [2.45, 2.75) is 26.7 Å². The Labute approximate surface area is 133 Å². The fourth-order valence-electron chi connectivity index (χ4n) is 2.69. The summed E-state index contributed by atoms with van der Waals surface area (Å²) in [5.74, 6) is 0.00419. The van der Waals surface area contributed by atoms with Crippen LogP contribution in [0.15, 0.2) is 35.9 Å². The van der Waals surface area contributed by atoms with Crippen LogP contribution in [0, 0.1) is 0 Å². The van der Waals surface area contributed by atoms with E-state index in [1.807, 2.05) is 24.3 Å². The largest absolute Gasteiger partial charge is 0.372 e. The van der Waals surface area contributed by atoms with E-state index in [0.29, 0.717) is 6.54 Å². The van der Waals surface area contributed by atoms with E-state index in [1.54, 1.807) is 0 Å². The highest BCUT2D eigenvalue weighted by Crippen LogP contribution is 2.15. The third-order valence-electron chi connectivity index (χ3n) is 4.00. The van der Waals surface area contributed by atoms with Crippen molar-refractivity contribution in [2.24, 2.45) is 0 Å². The molecule has 1 amide bonds. The summed E-state index contributed by atoms with van der Waals surface area (Å²) in [4.78, 5) is 14.5. The zero-order chi connectivity index (χ0) is 15.8. The fraction of sp³-hybridized carbons (Fsp3) is 0.500. The first-order valence-electron chi connectivity index (χ1n) is 8.26. The number of nitrogens with zero attached hydrogens (tertiary/aromatic N) is 1. The highest BCUT2D eigenvalue weighted by molar-refractivity contribution is 5.94. The third-order valence-corrected chi connectivity index (χ3v) is 4.00. The minimum Gasteiger partial charge on any atom is -0.372 e. The lowest BCUT2D eigenvalue weighted by Gasteiger charge is -2.22. The van der Waals surface area contributed by atoms with Crippen molar-refractivity contribution in [3.8, 4) is 0 Å². The van der Waals surface area contributed by atoms with E-state index in [2.05, 4.69) is 35.5 Å². The first-order chi connectivity index (χ1) is 10.7. The Bertz CT molecular complexity index is 508. The molecule has 4 heteroatoms. The molecule has 0 fully saturated rings. The first kappa shape index (κ1) is 16.6. The van der Waals surface area contributed by atoms with Gasteiger partial charge in [-0.15, -0.1) is 0 Å². The van der Waals surface area contributed by atoms with E-state index in [4.69, 9.17) is 0 Å². The molecule has 0 radical (unpaired) electrons. The molecule has 1 aromatic rings. The van der Waals surface area contributed by atoms with Crippen molar-refractivity contribution < 1.29 is 4.79 Å². The van der Waals surface area contributed by atoms with Crippen LogP contribution in [0.1, 0.15) is 37.0 Å². The first-order valence-corrected chi connectivity index (χ1v) is 8.26. The molecular weight excluding hydrogens is 274 g/mol. The van der Waals surface area contributed by atoms with E-state index in [1.165, 1.54) is 11.3 Å². The second-order valence-corrected chi connectivity index (χ2v) is 5.63. The molecule has 1 aliphatic rings. The van der Waals surface area contributed by atoms with Gasteiger partial charge in [0.15, 0.2) is 0 Å². The molecule has 1 aromatic carbocycles. The fourth-order valence-corrected chi connectivity index (χ4v) is 2.69. The molecule has 0 aromatic heterocycles. The number of nitrogens with one attached hydrogen (secondary N) is 2. The van der Waals surface area contributed by atoms with Gasteiger partial charge in [0, 0.05) is 37.4 Å². The lowest BCUT2D eigenvalue weighted by molar-refractivity contribution is 0.0956. The minimum absolute atomic E-state index is 0.00419. The third kappa shape index (κ3) is 4.60. The summed E-state index contributed by atoms with van der Waals surface area (Å²) in [6, 6.07) is 7.91. The summed E-state index contributed by atoms with van der Waals surface area (Å²) in [5.41, 5.74) is 3.22. The lowest BCUT2D eigenvalue weighted by atomic mass is 10.1. The summed E-state index contributed by atoms with van der Waals surface area (Å²) >= 11 is 0. The molecule has 22 heavy (non-hydrogen) atoms. The highest BCUT2D eigenvalue weighted by atomic mass is 16.1. The maximum atomic E-state index is 12.2.